The van der Waals surface area contributed by atoms with Gasteiger partial charge in [-0.1, -0.05) is 30.3 Å². The van der Waals surface area contributed by atoms with E-state index in [9.17, 15) is 9.59 Å². The molecule has 0 aromatic heterocycles. The summed E-state index contributed by atoms with van der Waals surface area (Å²) in [4.78, 5) is 28.8. The lowest BCUT2D eigenvalue weighted by molar-refractivity contribution is -0.135. The van der Waals surface area contributed by atoms with Gasteiger partial charge < -0.3 is 10.2 Å². The van der Waals surface area contributed by atoms with Gasteiger partial charge in [0.15, 0.2) is 0 Å². The fourth-order valence-electron chi connectivity index (χ4n) is 3.33. The highest BCUT2D eigenvalue weighted by Crippen LogP contribution is 2.29. The lowest BCUT2D eigenvalue weighted by atomic mass is 10.2. The van der Waals surface area contributed by atoms with Crippen LogP contribution < -0.4 is 5.32 Å². The summed E-state index contributed by atoms with van der Waals surface area (Å²) in [5, 5.41) is 2.71. The fraction of sp³-hybridized carbons (Fsp3) is 0.556. The van der Waals surface area contributed by atoms with E-state index in [2.05, 4.69) is 17.4 Å². The molecule has 0 bridgehead atoms. The molecule has 1 atom stereocenters. The van der Waals surface area contributed by atoms with Gasteiger partial charge in [-0.05, 0) is 37.8 Å². The van der Waals surface area contributed by atoms with E-state index in [1.807, 2.05) is 28.0 Å². The van der Waals surface area contributed by atoms with Crippen molar-refractivity contribution in [3.05, 3.63) is 35.9 Å². The number of carbonyl (C=O) groups is 2. The molecule has 5 nitrogen and oxygen atoms in total. The highest BCUT2D eigenvalue weighted by atomic mass is 16.2. The van der Waals surface area contributed by atoms with Gasteiger partial charge in [-0.2, -0.15) is 0 Å². The van der Waals surface area contributed by atoms with E-state index in [4.69, 9.17) is 0 Å². The molecule has 0 unspecified atom stereocenters. The van der Waals surface area contributed by atoms with Gasteiger partial charge in [0.25, 0.3) is 0 Å². The van der Waals surface area contributed by atoms with Gasteiger partial charge >= 0.3 is 0 Å². The Balaban J connectivity index is 1.64. The quantitative estimate of drug-likeness (QED) is 0.863. The zero-order valence-corrected chi connectivity index (χ0v) is 13.7. The first kappa shape index (κ1) is 16.0. The Morgan fingerprint density at radius 1 is 1.22 bits per heavy atom. The van der Waals surface area contributed by atoms with E-state index in [1.54, 1.807) is 7.05 Å². The summed E-state index contributed by atoms with van der Waals surface area (Å²) >= 11 is 0. The van der Waals surface area contributed by atoms with Crippen LogP contribution in [-0.2, 0) is 16.1 Å². The van der Waals surface area contributed by atoms with E-state index in [1.165, 1.54) is 0 Å². The first-order valence-electron chi connectivity index (χ1n) is 8.48. The molecule has 2 aliphatic rings. The highest BCUT2D eigenvalue weighted by molar-refractivity contribution is 5.84. The Labute approximate surface area is 137 Å². The number of nitrogens with one attached hydrogen (secondary N) is 1. The largest absolute Gasteiger partial charge is 0.358 e. The third-order valence-electron chi connectivity index (χ3n) is 4.75. The maximum absolute atomic E-state index is 12.8. The minimum Gasteiger partial charge on any atom is -0.358 e. The van der Waals surface area contributed by atoms with Crippen molar-refractivity contribution < 1.29 is 9.59 Å². The van der Waals surface area contributed by atoms with E-state index in [0.29, 0.717) is 19.1 Å². The van der Waals surface area contributed by atoms with Crippen LogP contribution in [0.4, 0.5) is 0 Å². The predicted molar refractivity (Wildman–Crippen MR) is 88.7 cm³/mol. The van der Waals surface area contributed by atoms with Crippen molar-refractivity contribution in [2.75, 3.05) is 20.1 Å². The summed E-state index contributed by atoms with van der Waals surface area (Å²) in [5.74, 6) is 0.170. The normalized spacial score (nSPS) is 21.2. The lowest BCUT2D eigenvalue weighted by Gasteiger charge is -2.28. The summed E-state index contributed by atoms with van der Waals surface area (Å²) in [6.07, 6.45) is 4.01. The first-order valence-corrected chi connectivity index (χ1v) is 8.48. The molecule has 5 heteroatoms. The van der Waals surface area contributed by atoms with Gasteiger partial charge in [-0.25, -0.2) is 0 Å². The monoisotopic (exact) mass is 315 g/mol. The second-order valence-corrected chi connectivity index (χ2v) is 6.48. The fourth-order valence-corrected chi connectivity index (χ4v) is 3.33. The van der Waals surface area contributed by atoms with Crippen molar-refractivity contribution in [3.63, 3.8) is 0 Å². The second-order valence-electron chi connectivity index (χ2n) is 6.48. The summed E-state index contributed by atoms with van der Waals surface area (Å²) in [7, 11) is 1.66. The third kappa shape index (κ3) is 3.91. The summed E-state index contributed by atoms with van der Waals surface area (Å²) in [5.41, 5.74) is 1.16. The molecule has 1 aromatic carbocycles. The van der Waals surface area contributed by atoms with Crippen LogP contribution in [0.1, 0.15) is 31.2 Å². The van der Waals surface area contributed by atoms with Gasteiger partial charge in [-0.15, -0.1) is 0 Å². The van der Waals surface area contributed by atoms with Crippen LogP contribution >= 0.6 is 0 Å². The standard InChI is InChI=1S/C18H25N3O2/c1-19-18(23)16-8-5-11-20(16)13-17(22)21(15-9-10-15)12-14-6-3-2-4-7-14/h2-4,6-7,15-16H,5,8-13H2,1H3,(H,19,23)/t16-/m1/s1. The molecule has 2 amide bonds. The topological polar surface area (TPSA) is 52.7 Å². The van der Waals surface area contributed by atoms with Gasteiger partial charge in [-0.3, -0.25) is 14.5 Å². The zero-order valence-electron chi connectivity index (χ0n) is 13.7. The van der Waals surface area contributed by atoms with Gasteiger partial charge in [0.1, 0.15) is 0 Å². The van der Waals surface area contributed by atoms with Crippen molar-refractivity contribution in [2.24, 2.45) is 0 Å². The maximum Gasteiger partial charge on any atom is 0.237 e. The van der Waals surface area contributed by atoms with Crippen LogP contribution in [0, 0.1) is 0 Å². The van der Waals surface area contributed by atoms with Gasteiger partial charge in [0.2, 0.25) is 11.8 Å². The molecule has 124 valence electrons. The number of rotatable bonds is 6. The third-order valence-corrected chi connectivity index (χ3v) is 4.75. The smallest absolute Gasteiger partial charge is 0.237 e. The molecule has 2 fully saturated rings. The summed E-state index contributed by atoms with van der Waals surface area (Å²) in [6.45, 7) is 1.85. The van der Waals surface area contributed by atoms with Crippen LogP contribution in [0.2, 0.25) is 0 Å². The minimum atomic E-state index is -0.151. The number of amides is 2. The van der Waals surface area contributed by atoms with Crippen LogP contribution in [-0.4, -0.2) is 53.8 Å². The first-order chi connectivity index (χ1) is 11.2. The number of nitrogens with zero attached hydrogens (tertiary/aromatic N) is 2. The number of benzene rings is 1. The Kier molecular flexibility index (Phi) is 4.96. The summed E-state index contributed by atoms with van der Waals surface area (Å²) < 4.78 is 0. The van der Waals surface area contributed by atoms with Crippen LogP contribution in [0.25, 0.3) is 0 Å². The van der Waals surface area contributed by atoms with Crippen molar-refractivity contribution >= 4 is 11.8 Å². The molecule has 1 heterocycles. The van der Waals surface area contributed by atoms with Crippen LogP contribution in [0.3, 0.4) is 0 Å². The SMILES string of the molecule is CNC(=O)[C@H]1CCCN1CC(=O)N(Cc1ccccc1)C1CC1. The lowest BCUT2D eigenvalue weighted by Crippen LogP contribution is -2.47. The number of hydrogen-bond donors (Lipinski definition) is 1. The molecule has 1 aromatic rings. The minimum absolute atomic E-state index is 0.0244. The zero-order chi connectivity index (χ0) is 16.2. The van der Waals surface area contributed by atoms with E-state index in [0.717, 1.165) is 37.8 Å². The van der Waals surface area contributed by atoms with Crippen molar-refractivity contribution in [1.82, 2.24) is 15.1 Å². The molecular formula is C18H25N3O2. The van der Waals surface area contributed by atoms with Crippen LogP contribution in [0.15, 0.2) is 30.3 Å². The summed E-state index contributed by atoms with van der Waals surface area (Å²) in [6, 6.07) is 10.4. The molecule has 3 rings (SSSR count). The second kappa shape index (κ2) is 7.13. The highest BCUT2D eigenvalue weighted by Gasteiger charge is 2.36. The number of hydrogen-bond acceptors (Lipinski definition) is 3. The molecule has 23 heavy (non-hydrogen) atoms. The molecule has 1 N–H and O–H groups in total. The Morgan fingerprint density at radius 2 is 1.96 bits per heavy atom. The van der Waals surface area contributed by atoms with Gasteiger partial charge in [0, 0.05) is 19.6 Å². The molecule has 0 spiro atoms. The molecular weight excluding hydrogens is 290 g/mol. The maximum atomic E-state index is 12.8. The van der Waals surface area contributed by atoms with Crippen LogP contribution in [0.5, 0.6) is 0 Å². The molecule has 0 radical (unpaired) electrons. The average Bonchev–Trinajstić information content (AvgIpc) is 3.31. The number of likely N-dealkylation sites (N-methyl/N-ethyl adjacent to an activating group) is 1. The van der Waals surface area contributed by atoms with E-state index < -0.39 is 0 Å². The molecule has 1 saturated heterocycles. The molecule has 1 aliphatic heterocycles. The van der Waals surface area contributed by atoms with Crippen molar-refractivity contribution in [1.29, 1.82) is 0 Å². The molecule has 1 saturated carbocycles. The Bertz CT molecular complexity index is 557. The van der Waals surface area contributed by atoms with E-state index >= 15 is 0 Å². The van der Waals surface area contributed by atoms with Crippen molar-refractivity contribution in [2.45, 2.75) is 44.3 Å². The predicted octanol–water partition coefficient (Wildman–Crippen LogP) is 1.39. The number of likely N-dealkylation sites (tertiary alicyclic amines) is 1. The van der Waals surface area contributed by atoms with Gasteiger partial charge in [0.05, 0.1) is 12.6 Å². The van der Waals surface area contributed by atoms with E-state index in [-0.39, 0.29) is 17.9 Å². The Morgan fingerprint density at radius 3 is 2.61 bits per heavy atom. The number of carbonyl (C=O) groups excluding carboxylic acids is 2. The molecule has 1 aliphatic carbocycles. The average molecular weight is 315 g/mol. The Hall–Kier alpha value is -1.88. The van der Waals surface area contributed by atoms with Crippen molar-refractivity contribution in [3.8, 4) is 0 Å².